The van der Waals surface area contributed by atoms with E-state index in [1.165, 1.54) is 13.2 Å². The Balaban J connectivity index is 2.29. The molecule has 0 spiro atoms. The van der Waals surface area contributed by atoms with Gasteiger partial charge in [0, 0.05) is 18.1 Å². The summed E-state index contributed by atoms with van der Waals surface area (Å²) < 4.78 is 17.9. The average molecular weight is 212 g/mol. The minimum atomic E-state index is -0.708. The van der Waals surface area contributed by atoms with Gasteiger partial charge in [0.05, 0.1) is 12.7 Å². The first-order chi connectivity index (χ1) is 7.04. The molecule has 3 nitrogen and oxygen atoms in total. The maximum atomic E-state index is 13.1. The summed E-state index contributed by atoms with van der Waals surface area (Å²) in [7, 11) is 1.37. The minimum Gasteiger partial charge on any atom is -0.508 e. The van der Waals surface area contributed by atoms with Crippen molar-refractivity contribution in [1.82, 2.24) is 0 Å². The third-order valence-electron chi connectivity index (χ3n) is 2.70. The zero-order chi connectivity index (χ0) is 11.1. The van der Waals surface area contributed by atoms with Crippen LogP contribution in [-0.2, 0) is 6.42 Å². The van der Waals surface area contributed by atoms with Crippen LogP contribution < -0.4 is 4.74 Å². The summed E-state index contributed by atoms with van der Waals surface area (Å²) in [5.74, 6) is -0.637. The Kier molecular flexibility index (Phi) is 2.31. The molecule has 1 aliphatic rings. The van der Waals surface area contributed by atoms with Gasteiger partial charge in [-0.3, -0.25) is 0 Å². The molecule has 0 bridgehead atoms. The van der Waals surface area contributed by atoms with E-state index in [1.807, 2.05) is 0 Å². The van der Waals surface area contributed by atoms with Crippen LogP contribution in [-0.4, -0.2) is 22.9 Å². The first kappa shape index (κ1) is 10.2. The molecular formula is C11H13FO3. The number of methoxy groups -OCH3 is 1. The van der Waals surface area contributed by atoms with E-state index in [2.05, 4.69) is 0 Å². The summed E-state index contributed by atoms with van der Waals surface area (Å²) in [5.41, 5.74) is -0.186. The number of rotatable bonds is 3. The van der Waals surface area contributed by atoms with Crippen molar-refractivity contribution < 1.29 is 19.3 Å². The highest BCUT2D eigenvalue weighted by Crippen LogP contribution is 2.41. The zero-order valence-corrected chi connectivity index (χ0v) is 8.46. The van der Waals surface area contributed by atoms with Gasteiger partial charge in [-0.1, -0.05) is 0 Å². The van der Waals surface area contributed by atoms with Crippen LogP contribution in [0.3, 0.4) is 0 Å². The lowest BCUT2D eigenvalue weighted by Crippen LogP contribution is -2.11. The maximum Gasteiger partial charge on any atom is 0.168 e. The molecule has 0 radical (unpaired) electrons. The van der Waals surface area contributed by atoms with E-state index in [0.29, 0.717) is 12.0 Å². The second-order valence-electron chi connectivity index (χ2n) is 4.02. The van der Waals surface area contributed by atoms with Crippen LogP contribution in [0.4, 0.5) is 4.39 Å². The smallest absolute Gasteiger partial charge is 0.168 e. The van der Waals surface area contributed by atoms with E-state index in [9.17, 15) is 14.6 Å². The lowest BCUT2D eigenvalue weighted by atomic mass is 10.0. The number of aromatic hydroxyl groups is 1. The Hall–Kier alpha value is -1.29. The van der Waals surface area contributed by atoms with E-state index in [4.69, 9.17) is 4.74 Å². The highest BCUT2D eigenvalue weighted by molar-refractivity contribution is 5.41. The number of benzene rings is 1. The maximum absolute atomic E-state index is 13.1. The molecule has 0 amide bonds. The largest absolute Gasteiger partial charge is 0.508 e. The van der Waals surface area contributed by atoms with Gasteiger partial charge in [-0.2, -0.15) is 0 Å². The van der Waals surface area contributed by atoms with E-state index in [-0.39, 0.29) is 11.5 Å². The molecule has 15 heavy (non-hydrogen) atoms. The Morgan fingerprint density at radius 3 is 2.67 bits per heavy atom. The van der Waals surface area contributed by atoms with Crippen molar-refractivity contribution in [2.75, 3.05) is 7.11 Å². The first-order valence-electron chi connectivity index (χ1n) is 4.82. The molecule has 82 valence electrons. The van der Waals surface area contributed by atoms with Gasteiger partial charge < -0.3 is 14.9 Å². The van der Waals surface area contributed by atoms with E-state index in [0.717, 1.165) is 18.9 Å². The third kappa shape index (κ3) is 2.04. The van der Waals surface area contributed by atoms with Crippen LogP contribution in [0.15, 0.2) is 12.1 Å². The van der Waals surface area contributed by atoms with Crippen molar-refractivity contribution >= 4 is 0 Å². The molecular weight excluding hydrogens is 199 g/mol. The molecule has 0 atom stereocenters. The Labute approximate surface area is 87.1 Å². The predicted molar refractivity (Wildman–Crippen MR) is 52.5 cm³/mol. The van der Waals surface area contributed by atoms with E-state index >= 15 is 0 Å². The van der Waals surface area contributed by atoms with E-state index < -0.39 is 11.4 Å². The van der Waals surface area contributed by atoms with Gasteiger partial charge in [0.15, 0.2) is 11.6 Å². The van der Waals surface area contributed by atoms with Crippen LogP contribution >= 0.6 is 0 Å². The van der Waals surface area contributed by atoms with Gasteiger partial charge in [0.2, 0.25) is 0 Å². The van der Waals surface area contributed by atoms with Crippen molar-refractivity contribution in [1.29, 1.82) is 0 Å². The molecule has 1 saturated carbocycles. The molecule has 1 aliphatic carbocycles. The number of phenols is 1. The summed E-state index contributed by atoms with van der Waals surface area (Å²) in [6.45, 7) is 0. The molecule has 1 fully saturated rings. The van der Waals surface area contributed by atoms with Crippen LogP contribution in [0, 0.1) is 5.82 Å². The van der Waals surface area contributed by atoms with Gasteiger partial charge in [-0.25, -0.2) is 4.39 Å². The molecule has 2 N–H and O–H groups in total. The summed E-state index contributed by atoms with van der Waals surface area (Å²) in [6.07, 6.45) is 1.80. The fourth-order valence-corrected chi connectivity index (χ4v) is 1.56. The Morgan fingerprint density at radius 2 is 2.13 bits per heavy atom. The Bertz CT molecular complexity index is 386. The normalized spacial score (nSPS) is 17.5. The molecule has 0 aromatic heterocycles. The van der Waals surface area contributed by atoms with Crippen LogP contribution in [0.1, 0.15) is 18.4 Å². The number of hydrogen-bond acceptors (Lipinski definition) is 3. The third-order valence-corrected chi connectivity index (χ3v) is 2.70. The molecule has 1 aromatic carbocycles. The highest BCUT2D eigenvalue weighted by atomic mass is 19.1. The van der Waals surface area contributed by atoms with Gasteiger partial charge >= 0.3 is 0 Å². The lowest BCUT2D eigenvalue weighted by Gasteiger charge is -2.11. The van der Waals surface area contributed by atoms with Gasteiger partial charge in [0.25, 0.3) is 0 Å². The minimum absolute atomic E-state index is 0.0899. The average Bonchev–Trinajstić information content (AvgIpc) is 2.89. The second kappa shape index (κ2) is 3.38. The summed E-state index contributed by atoms with van der Waals surface area (Å²) in [4.78, 5) is 0. The summed E-state index contributed by atoms with van der Waals surface area (Å²) in [5, 5.41) is 19.2. The summed E-state index contributed by atoms with van der Waals surface area (Å²) in [6, 6.07) is 2.45. The van der Waals surface area contributed by atoms with Crippen molar-refractivity contribution in [2.24, 2.45) is 0 Å². The van der Waals surface area contributed by atoms with Crippen molar-refractivity contribution in [3.05, 3.63) is 23.5 Å². The highest BCUT2D eigenvalue weighted by Gasteiger charge is 2.40. The van der Waals surface area contributed by atoms with Gasteiger partial charge in [0.1, 0.15) is 5.75 Å². The molecule has 0 saturated heterocycles. The van der Waals surface area contributed by atoms with Crippen molar-refractivity contribution in [2.45, 2.75) is 24.9 Å². The SMILES string of the molecule is COc1cc(CC2(O)CC2)c(O)cc1F. The van der Waals surface area contributed by atoms with Gasteiger partial charge in [-0.05, 0) is 18.9 Å². The number of halogens is 1. The lowest BCUT2D eigenvalue weighted by molar-refractivity contribution is 0.150. The van der Waals surface area contributed by atoms with Crippen LogP contribution in [0.25, 0.3) is 0 Å². The quantitative estimate of drug-likeness (QED) is 0.800. The van der Waals surface area contributed by atoms with Gasteiger partial charge in [-0.15, -0.1) is 0 Å². The second-order valence-corrected chi connectivity index (χ2v) is 4.02. The number of ether oxygens (including phenoxy) is 1. The molecule has 2 rings (SSSR count). The molecule has 0 unspecified atom stereocenters. The number of phenolic OH excluding ortho intramolecular Hbond substituents is 1. The van der Waals surface area contributed by atoms with Crippen molar-refractivity contribution in [3.63, 3.8) is 0 Å². The predicted octanol–water partition coefficient (Wildman–Crippen LogP) is 1.61. The van der Waals surface area contributed by atoms with Crippen molar-refractivity contribution in [3.8, 4) is 11.5 Å². The zero-order valence-electron chi connectivity index (χ0n) is 8.46. The van der Waals surface area contributed by atoms with Crippen LogP contribution in [0.2, 0.25) is 0 Å². The molecule has 4 heteroatoms. The topological polar surface area (TPSA) is 49.7 Å². The molecule has 0 aliphatic heterocycles. The Morgan fingerprint density at radius 1 is 1.47 bits per heavy atom. The standard InChI is InChI=1S/C11H13FO3/c1-15-10-4-7(6-11(14)2-3-11)9(13)5-8(10)12/h4-5,13-14H,2-3,6H2,1H3. The molecule has 0 heterocycles. The monoisotopic (exact) mass is 212 g/mol. The fraction of sp³-hybridized carbons (Fsp3) is 0.455. The number of aliphatic hydroxyl groups is 1. The van der Waals surface area contributed by atoms with Crippen LogP contribution in [0.5, 0.6) is 11.5 Å². The summed E-state index contributed by atoms with van der Waals surface area (Å²) >= 11 is 0. The number of hydrogen-bond donors (Lipinski definition) is 2. The fourth-order valence-electron chi connectivity index (χ4n) is 1.56. The first-order valence-corrected chi connectivity index (χ1v) is 4.82. The molecule has 1 aromatic rings. The van der Waals surface area contributed by atoms with E-state index in [1.54, 1.807) is 0 Å².